The number of aliphatic hydroxyl groups is 1. The number of ether oxygens (including phenoxy) is 1. The number of amides is 1. The summed E-state index contributed by atoms with van der Waals surface area (Å²) >= 11 is 0. The van der Waals surface area contributed by atoms with E-state index in [1.807, 2.05) is 0 Å². The SMILES string of the molecule is O=Cc1cccn1CCC(=O)NCCOCCO. The summed E-state index contributed by atoms with van der Waals surface area (Å²) in [6, 6.07) is 3.47. The molecule has 18 heavy (non-hydrogen) atoms. The van der Waals surface area contributed by atoms with Crippen molar-refractivity contribution < 1.29 is 19.4 Å². The molecule has 0 aliphatic heterocycles. The van der Waals surface area contributed by atoms with Gasteiger partial charge in [0.15, 0.2) is 6.29 Å². The van der Waals surface area contributed by atoms with Crippen LogP contribution in [0.1, 0.15) is 16.9 Å². The number of aldehydes is 1. The number of hydrogen-bond acceptors (Lipinski definition) is 4. The molecular formula is C12H18N2O4. The van der Waals surface area contributed by atoms with Crippen molar-refractivity contribution in [1.29, 1.82) is 0 Å². The minimum Gasteiger partial charge on any atom is -0.394 e. The molecular weight excluding hydrogens is 236 g/mol. The summed E-state index contributed by atoms with van der Waals surface area (Å²) in [4.78, 5) is 22.1. The van der Waals surface area contributed by atoms with E-state index in [0.29, 0.717) is 31.8 Å². The molecule has 0 spiro atoms. The third-order valence-electron chi connectivity index (χ3n) is 2.37. The highest BCUT2D eigenvalue weighted by molar-refractivity contribution is 5.76. The van der Waals surface area contributed by atoms with Crippen LogP contribution in [0, 0.1) is 0 Å². The molecule has 2 N–H and O–H groups in total. The first kappa shape index (κ1) is 14.4. The van der Waals surface area contributed by atoms with Crippen LogP contribution in [0.25, 0.3) is 0 Å². The van der Waals surface area contributed by atoms with Crippen molar-refractivity contribution >= 4 is 12.2 Å². The number of nitrogens with one attached hydrogen (secondary N) is 1. The first-order valence-electron chi connectivity index (χ1n) is 5.83. The lowest BCUT2D eigenvalue weighted by Gasteiger charge is -2.07. The average Bonchev–Trinajstić information content (AvgIpc) is 2.83. The summed E-state index contributed by atoms with van der Waals surface area (Å²) < 4.78 is 6.73. The van der Waals surface area contributed by atoms with Gasteiger partial charge in [0.05, 0.1) is 25.5 Å². The molecule has 1 aromatic rings. The number of rotatable bonds is 9. The van der Waals surface area contributed by atoms with Gasteiger partial charge >= 0.3 is 0 Å². The Morgan fingerprint density at radius 2 is 2.33 bits per heavy atom. The van der Waals surface area contributed by atoms with E-state index in [1.54, 1.807) is 22.9 Å². The fourth-order valence-electron chi connectivity index (χ4n) is 1.48. The molecule has 0 aromatic carbocycles. The fraction of sp³-hybridized carbons (Fsp3) is 0.500. The maximum Gasteiger partial charge on any atom is 0.221 e. The zero-order valence-corrected chi connectivity index (χ0v) is 10.2. The van der Waals surface area contributed by atoms with Crippen molar-refractivity contribution in [3.8, 4) is 0 Å². The highest BCUT2D eigenvalue weighted by atomic mass is 16.5. The quantitative estimate of drug-likeness (QED) is 0.473. The monoisotopic (exact) mass is 254 g/mol. The Labute approximate surface area is 106 Å². The van der Waals surface area contributed by atoms with Crippen LogP contribution in [0.2, 0.25) is 0 Å². The Morgan fingerprint density at radius 1 is 1.50 bits per heavy atom. The van der Waals surface area contributed by atoms with Crippen molar-refractivity contribution in [2.45, 2.75) is 13.0 Å². The Balaban J connectivity index is 2.15. The van der Waals surface area contributed by atoms with Gasteiger partial charge in [-0.1, -0.05) is 0 Å². The number of aromatic nitrogens is 1. The highest BCUT2D eigenvalue weighted by Crippen LogP contribution is 2.00. The number of aliphatic hydroxyl groups excluding tert-OH is 1. The molecule has 0 saturated heterocycles. The minimum atomic E-state index is -0.0897. The molecule has 0 atom stereocenters. The lowest BCUT2D eigenvalue weighted by atomic mass is 10.3. The van der Waals surface area contributed by atoms with E-state index in [4.69, 9.17) is 9.84 Å². The summed E-state index contributed by atoms with van der Waals surface area (Å²) in [6.45, 7) is 1.54. The Morgan fingerprint density at radius 3 is 3.06 bits per heavy atom. The molecule has 0 radical (unpaired) electrons. The van der Waals surface area contributed by atoms with E-state index in [1.165, 1.54) is 0 Å². The van der Waals surface area contributed by atoms with Crippen LogP contribution in [0.3, 0.4) is 0 Å². The smallest absolute Gasteiger partial charge is 0.221 e. The van der Waals surface area contributed by atoms with Crippen LogP contribution >= 0.6 is 0 Å². The topological polar surface area (TPSA) is 80.6 Å². The van der Waals surface area contributed by atoms with E-state index in [-0.39, 0.29) is 19.1 Å². The van der Waals surface area contributed by atoms with Crippen LogP contribution in [-0.4, -0.2) is 48.2 Å². The summed E-state index contributed by atoms with van der Waals surface area (Å²) in [5.74, 6) is -0.0897. The number of hydrogen-bond donors (Lipinski definition) is 2. The summed E-state index contributed by atoms with van der Waals surface area (Å²) in [6.07, 6.45) is 2.84. The molecule has 1 aromatic heterocycles. The van der Waals surface area contributed by atoms with Crippen LogP contribution in [0.15, 0.2) is 18.3 Å². The van der Waals surface area contributed by atoms with Crippen LogP contribution in [0.5, 0.6) is 0 Å². The third kappa shape index (κ3) is 5.11. The van der Waals surface area contributed by atoms with Gasteiger partial charge in [0.1, 0.15) is 0 Å². The van der Waals surface area contributed by atoms with Crippen LogP contribution < -0.4 is 5.32 Å². The van der Waals surface area contributed by atoms with Gasteiger partial charge in [-0.25, -0.2) is 0 Å². The first-order chi connectivity index (χ1) is 8.77. The summed E-state index contributed by atoms with van der Waals surface area (Å²) in [7, 11) is 0. The molecule has 6 nitrogen and oxygen atoms in total. The third-order valence-corrected chi connectivity index (χ3v) is 2.37. The van der Waals surface area contributed by atoms with Gasteiger partial charge in [-0.3, -0.25) is 9.59 Å². The first-order valence-corrected chi connectivity index (χ1v) is 5.83. The fourth-order valence-corrected chi connectivity index (χ4v) is 1.48. The van der Waals surface area contributed by atoms with Crippen LogP contribution in [-0.2, 0) is 16.1 Å². The van der Waals surface area contributed by atoms with Gasteiger partial charge in [-0.15, -0.1) is 0 Å². The molecule has 1 rings (SSSR count). The molecule has 0 saturated carbocycles. The van der Waals surface area contributed by atoms with Crippen molar-refractivity contribution in [3.05, 3.63) is 24.0 Å². The molecule has 0 aliphatic rings. The minimum absolute atomic E-state index is 0.0178. The second-order valence-electron chi connectivity index (χ2n) is 3.68. The zero-order chi connectivity index (χ0) is 13.2. The molecule has 1 amide bonds. The molecule has 0 aliphatic carbocycles. The standard InChI is InChI=1S/C12H18N2O4/c15-7-9-18-8-4-13-12(17)3-6-14-5-1-2-11(14)10-16/h1-2,5,10,15H,3-4,6-9H2,(H,13,17). The molecule has 0 unspecified atom stereocenters. The van der Waals surface area contributed by atoms with Gasteiger partial charge in [0, 0.05) is 25.7 Å². The summed E-state index contributed by atoms with van der Waals surface area (Å²) in [5.41, 5.74) is 0.564. The average molecular weight is 254 g/mol. The lowest BCUT2D eigenvalue weighted by molar-refractivity contribution is -0.121. The van der Waals surface area contributed by atoms with Crippen molar-refractivity contribution in [3.63, 3.8) is 0 Å². The van der Waals surface area contributed by atoms with Gasteiger partial charge < -0.3 is 19.7 Å². The molecule has 0 bridgehead atoms. The van der Waals surface area contributed by atoms with Gasteiger partial charge in [-0.2, -0.15) is 0 Å². The van der Waals surface area contributed by atoms with Crippen LogP contribution in [0.4, 0.5) is 0 Å². The number of nitrogens with zero attached hydrogens (tertiary/aromatic N) is 1. The molecule has 100 valence electrons. The van der Waals surface area contributed by atoms with E-state index in [2.05, 4.69) is 5.32 Å². The van der Waals surface area contributed by atoms with E-state index in [0.717, 1.165) is 6.29 Å². The normalized spacial score (nSPS) is 10.3. The maximum atomic E-state index is 11.5. The summed E-state index contributed by atoms with van der Waals surface area (Å²) in [5, 5.41) is 11.2. The van der Waals surface area contributed by atoms with E-state index in [9.17, 15) is 9.59 Å². The maximum absolute atomic E-state index is 11.5. The van der Waals surface area contributed by atoms with E-state index < -0.39 is 0 Å². The number of aryl methyl sites for hydroxylation is 1. The number of carbonyl (C=O) groups is 2. The highest BCUT2D eigenvalue weighted by Gasteiger charge is 2.03. The molecule has 1 heterocycles. The second kappa shape index (κ2) is 8.43. The Bertz CT molecular complexity index is 376. The van der Waals surface area contributed by atoms with Crippen molar-refractivity contribution in [2.24, 2.45) is 0 Å². The predicted octanol–water partition coefficient (Wildman–Crippen LogP) is -0.184. The Hall–Kier alpha value is -1.66. The van der Waals surface area contributed by atoms with E-state index >= 15 is 0 Å². The van der Waals surface area contributed by atoms with Crippen molar-refractivity contribution in [1.82, 2.24) is 9.88 Å². The van der Waals surface area contributed by atoms with Crippen molar-refractivity contribution in [2.75, 3.05) is 26.4 Å². The number of carbonyl (C=O) groups excluding carboxylic acids is 2. The zero-order valence-electron chi connectivity index (χ0n) is 10.2. The van der Waals surface area contributed by atoms with Gasteiger partial charge in [0.2, 0.25) is 5.91 Å². The largest absolute Gasteiger partial charge is 0.394 e. The van der Waals surface area contributed by atoms with Gasteiger partial charge in [0.25, 0.3) is 0 Å². The lowest BCUT2D eigenvalue weighted by Crippen LogP contribution is -2.28. The molecule has 0 fully saturated rings. The Kier molecular flexibility index (Phi) is 6.75. The molecule has 6 heteroatoms. The second-order valence-corrected chi connectivity index (χ2v) is 3.68. The predicted molar refractivity (Wildman–Crippen MR) is 65.4 cm³/mol. The van der Waals surface area contributed by atoms with Gasteiger partial charge in [-0.05, 0) is 12.1 Å².